The topological polar surface area (TPSA) is 63.2 Å². The average molecular weight is 325 g/mol. The highest BCUT2D eigenvalue weighted by Crippen LogP contribution is 2.16. The first-order valence-electron chi connectivity index (χ1n) is 8.45. The van der Waals surface area contributed by atoms with Gasteiger partial charge in [-0.25, -0.2) is 0 Å². The van der Waals surface area contributed by atoms with Crippen LogP contribution in [0.4, 0.5) is 11.4 Å². The van der Waals surface area contributed by atoms with Crippen molar-refractivity contribution in [3.63, 3.8) is 0 Å². The Morgan fingerprint density at radius 1 is 1.25 bits per heavy atom. The molecule has 5 nitrogen and oxygen atoms in total. The Kier molecular flexibility index (Phi) is 5.43. The molecule has 2 N–H and O–H groups in total. The van der Waals surface area contributed by atoms with E-state index >= 15 is 0 Å². The zero-order chi connectivity index (χ0) is 16.8. The molecule has 2 heterocycles. The second kappa shape index (κ2) is 7.93. The number of carbonyl (C=O) groups is 1. The van der Waals surface area contributed by atoms with Crippen LogP contribution in [0, 0.1) is 0 Å². The minimum atomic E-state index is -0.160. The van der Waals surface area contributed by atoms with Crippen molar-refractivity contribution in [1.82, 2.24) is 4.98 Å². The highest BCUT2D eigenvalue weighted by atomic mass is 16.5. The minimum absolute atomic E-state index is 0.160. The molecule has 1 aromatic heterocycles. The third-order valence-corrected chi connectivity index (χ3v) is 4.18. The molecule has 1 aliphatic rings. The van der Waals surface area contributed by atoms with E-state index in [9.17, 15) is 4.79 Å². The Labute approximate surface area is 142 Å². The molecule has 1 unspecified atom stereocenters. The van der Waals surface area contributed by atoms with Crippen LogP contribution in [-0.2, 0) is 11.2 Å². The molecule has 0 aliphatic carbocycles. The highest BCUT2D eigenvalue weighted by Gasteiger charge is 2.15. The van der Waals surface area contributed by atoms with Gasteiger partial charge >= 0.3 is 0 Å². The van der Waals surface area contributed by atoms with Gasteiger partial charge in [0.15, 0.2) is 0 Å². The van der Waals surface area contributed by atoms with Crippen molar-refractivity contribution in [2.24, 2.45) is 0 Å². The number of benzene rings is 1. The standard InChI is InChI=1S/C19H23N3O2/c1-2-14-5-7-16(8-6-14)22-19(23)15-10-17(12-20-11-15)21-13-18-4-3-9-24-18/h5-8,10-12,18,21H,2-4,9,13H2,1H3,(H,22,23). The molecule has 24 heavy (non-hydrogen) atoms. The summed E-state index contributed by atoms with van der Waals surface area (Å²) in [5, 5.41) is 6.20. The third-order valence-electron chi connectivity index (χ3n) is 4.18. The third kappa shape index (κ3) is 4.32. The van der Waals surface area contributed by atoms with Crippen LogP contribution in [0.3, 0.4) is 0 Å². The molecule has 1 aliphatic heterocycles. The monoisotopic (exact) mass is 325 g/mol. The zero-order valence-electron chi connectivity index (χ0n) is 13.9. The zero-order valence-corrected chi connectivity index (χ0v) is 13.9. The summed E-state index contributed by atoms with van der Waals surface area (Å²) in [5.74, 6) is -0.160. The smallest absolute Gasteiger partial charge is 0.257 e. The maximum atomic E-state index is 12.4. The SMILES string of the molecule is CCc1ccc(NC(=O)c2cncc(NCC3CCCO3)c2)cc1. The van der Waals surface area contributed by atoms with E-state index in [1.807, 2.05) is 30.3 Å². The molecule has 1 atom stereocenters. The molecule has 0 spiro atoms. The van der Waals surface area contributed by atoms with Crippen LogP contribution in [0.15, 0.2) is 42.7 Å². The van der Waals surface area contributed by atoms with Crippen molar-refractivity contribution < 1.29 is 9.53 Å². The molecule has 1 amide bonds. The van der Waals surface area contributed by atoms with Crippen molar-refractivity contribution in [2.75, 3.05) is 23.8 Å². The largest absolute Gasteiger partial charge is 0.381 e. The van der Waals surface area contributed by atoms with E-state index in [2.05, 4.69) is 22.5 Å². The summed E-state index contributed by atoms with van der Waals surface area (Å²) in [6.07, 6.45) is 6.73. The molecule has 1 fully saturated rings. The fraction of sp³-hybridized carbons (Fsp3) is 0.368. The van der Waals surface area contributed by atoms with Crippen LogP contribution in [-0.4, -0.2) is 30.1 Å². The molecule has 2 aromatic rings. The fourth-order valence-electron chi connectivity index (χ4n) is 2.72. The summed E-state index contributed by atoms with van der Waals surface area (Å²) in [7, 11) is 0. The minimum Gasteiger partial charge on any atom is -0.381 e. The number of hydrogen-bond donors (Lipinski definition) is 2. The van der Waals surface area contributed by atoms with Crippen LogP contribution in [0.25, 0.3) is 0 Å². The molecule has 126 valence electrons. The van der Waals surface area contributed by atoms with E-state index < -0.39 is 0 Å². The van der Waals surface area contributed by atoms with Crippen molar-refractivity contribution >= 4 is 17.3 Å². The number of anilines is 2. The summed E-state index contributed by atoms with van der Waals surface area (Å²) in [6, 6.07) is 9.70. The summed E-state index contributed by atoms with van der Waals surface area (Å²) < 4.78 is 5.59. The summed E-state index contributed by atoms with van der Waals surface area (Å²) in [6.45, 7) is 3.68. The van der Waals surface area contributed by atoms with Crippen molar-refractivity contribution in [3.8, 4) is 0 Å². The lowest BCUT2D eigenvalue weighted by Crippen LogP contribution is -2.19. The van der Waals surface area contributed by atoms with Crippen molar-refractivity contribution in [3.05, 3.63) is 53.9 Å². The molecule has 5 heteroatoms. The fourth-order valence-corrected chi connectivity index (χ4v) is 2.72. The number of pyridine rings is 1. The van der Waals surface area contributed by atoms with Gasteiger partial charge in [-0.2, -0.15) is 0 Å². The van der Waals surface area contributed by atoms with Gasteiger partial charge in [0, 0.05) is 31.2 Å². The van der Waals surface area contributed by atoms with Gasteiger partial charge in [0.25, 0.3) is 5.91 Å². The predicted molar refractivity (Wildman–Crippen MR) is 95.5 cm³/mol. The maximum Gasteiger partial charge on any atom is 0.257 e. The molecular formula is C19H23N3O2. The lowest BCUT2D eigenvalue weighted by atomic mass is 10.1. The summed E-state index contributed by atoms with van der Waals surface area (Å²) >= 11 is 0. The quantitative estimate of drug-likeness (QED) is 0.853. The number of carbonyl (C=O) groups excluding carboxylic acids is 1. The second-order valence-electron chi connectivity index (χ2n) is 5.98. The Morgan fingerprint density at radius 2 is 2.08 bits per heavy atom. The van der Waals surface area contributed by atoms with Gasteiger partial charge in [0.2, 0.25) is 0 Å². The predicted octanol–water partition coefficient (Wildman–Crippen LogP) is 3.49. The van der Waals surface area contributed by atoms with Crippen LogP contribution in [0.5, 0.6) is 0 Å². The Bertz CT molecular complexity index is 679. The van der Waals surface area contributed by atoms with E-state index in [0.717, 1.165) is 43.8 Å². The number of nitrogens with one attached hydrogen (secondary N) is 2. The van der Waals surface area contributed by atoms with Gasteiger partial charge in [-0.1, -0.05) is 19.1 Å². The van der Waals surface area contributed by atoms with E-state index in [-0.39, 0.29) is 12.0 Å². The first-order valence-corrected chi connectivity index (χ1v) is 8.45. The van der Waals surface area contributed by atoms with Gasteiger partial charge in [-0.3, -0.25) is 9.78 Å². The molecule has 0 bridgehead atoms. The van der Waals surface area contributed by atoms with Crippen LogP contribution in [0.1, 0.15) is 35.7 Å². The normalized spacial score (nSPS) is 16.8. The number of amides is 1. The van der Waals surface area contributed by atoms with Gasteiger partial charge in [0.1, 0.15) is 0 Å². The number of hydrogen-bond acceptors (Lipinski definition) is 4. The molecule has 1 saturated heterocycles. The number of nitrogens with zero attached hydrogens (tertiary/aromatic N) is 1. The van der Waals surface area contributed by atoms with Gasteiger partial charge < -0.3 is 15.4 Å². The molecular weight excluding hydrogens is 302 g/mol. The number of ether oxygens (including phenoxy) is 1. The molecule has 1 aromatic carbocycles. The Hall–Kier alpha value is -2.40. The Balaban J connectivity index is 1.60. The first-order chi connectivity index (χ1) is 11.7. The van der Waals surface area contributed by atoms with E-state index in [1.54, 1.807) is 12.4 Å². The van der Waals surface area contributed by atoms with Gasteiger partial charge in [-0.05, 0) is 43.0 Å². The van der Waals surface area contributed by atoms with E-state index in [1.165, 1.54) is 5.56 Å². The maximum absolute atomic E-state index is 12.4. The van der Waals surface area contributed by atoms with Crippen LogP contribution in [0.2, 0.25) is 0 Å². The van der Waals surface area contributed by atoms with Crippen molar-refractivity contribution in [2.45, 2.75) is 32.3 Å². The first kappa shape index (κ1) is 16.5. The summed E-state index contributed by atoms with van der Waals surface area (Å²) in [5.41, 5.74) is 3.40. The van der Waals surface area contributed by atoms with Gasteiger partial charge in [0.05, 0.1) is 17.4 Å². The highest BCUT2D eigenvalue weighted by molar-refractivity contribution is 6.04. The van der Waals surface area contributed by atoms with Crippen LogP contribution >= 0.6 is 0 Å². The Morgan fingerprint density at radius 3 is 2.79 bits per heavy atom. The van der Waals surface area contributed by atoms with E-state index in [0.29, 0.717) is 5.56 Å². The molecule has 0 saturated carbocycles. The molecule has 3 rings (SSSR count). The average Bonchev–Trinajstić information content (AvgIpc) is 3.14. The summed E-state index contributed by atoms with van der Waals surface area (Å²) in [4.78, 5) is 16.5. The number of aromatic nitrogens is 1. The lowest BCUT2D eigenvalue weighted by Gasteiger charge is -2.12. The lowest BCUT2D eigenvalue weighted by molar-refractivity contribution is 0.102. The number of rotatable bonds is 6. The number of aryl methyl sites for hydroxylation is 1. The van der Waals surface area contributed by atoms with E-state index in [4.69, 9.17) is 4.74 Å². The van der Waals surface area contributed by atoms with Crippen LogP contribution < -0.4 is 10.6 Å². The second-order valence-corrected chi connectivity index (χ2v) is 5.98. The molecule has 0 radical (unpaired) electrons. The van der Waals surface area contributed by atoms with Gasteiger partial charge in [-0.15, -0.1) is 0 Å². The van der Waals surface area contributed by atoms with Crippen molar-refractivity contribution in [1.29, 1.82) is 0 Å².